The molecule has 0 atom stereocenters. The van der Waals surface area contributed by atoms with Gasteiger partial charge in [0.2, 0.25) is 0 Å². The number of hydrogen-bond donors (Lipinski definition) is 2. The van der Waals surface area contributed by atoms with Crippen LogP contribution in [0.3, 0.4) is 0 Å². The molecule has 7 heteroatoms. The molecule has 3 aromatic rings. The largest absolute Gasteiger partial charge is 0.481 e. The van der Waals surface area contributed by atoms with E-state index in [2.05, 4.69) is 10.2 Å². The third kappa shape index (κ3) is 3.84. The van der Waals surface area contributed by atoms with Gasteiger partial charge in [-0.05, 0) is 35.9 Å². The molecule has 0 bridgehead atoms. The number of aliphatic carboxylic acids is 1. The molecule has 1 aromatic carbocycles. The van der Waals surface area contributed by atoms with Crippen molar-refractivity contribution in [2.45, 2.75) is 13.0 Å². The number of aromatic nitrogens is 2. The van der Waals surface area contributed by atoms with E-state index >= 15 is 0 Å². The summed E-state index contributed by atoms with van der Waals surface area (Å²) in [4.78, 5) is 18.2. The number of pyridine rings is 1. The number of carboxylic acids is 1. The summed E-state index contributed by atoms with van der Waals surface area (Å²) in [5.41, 5.74) is 4.13. The van der Waals surface area contributed by atoms with E-state index in [0.717, 1.165) is 54.3 Å². The second-order valence-corrected chi connectivity index (χ2v) is 6.78. The summed E-state index contributed by atoms with van der Waals surface area (Å²) in [5, 5.41) is 12.4. The molecule has 1 aliphatic rings. The van der Waals surface area contributed by atoms with Crippen LogP contribution < -0.4 is 5.32 Å². The quantitative estimate of drug-likeness (QED) is 0.722. The summed E-state index contributed by atoms with van der Waals surface area (Å²) in [6.07, 6.45) is 1.81. The highest BCUT2D eigenvalue weighted by Crippen LogP contribution is 2.26. The van der Waals surface area contributed by atoms with Crippen molar-refractivity contribution in [1.82, 2.24) is 19.6 Å². The lowest BCUT2D eigenvalue weighted by Crippen LogP contribution is -2.43. The highest BCUT2D eigenvalue weighted by atomic mass is 19.1. The van der Waals surface area contributed by atoms with Gasteiger partial charge in [-0.15, -0.1) is 0 Å². The number of piperazine rings is 1. The maximum Gasteiger partial charge on any atom is 0.307 e. The molecule has 3 heterocycles. The van der Waals surface area contributed by atoms with Crippen molar-refractivity contribution >= 4 is 11.6 Å². The van der Waals surface area contributed by atoms with Gasteiger partial charge < -0.3 is 14.8 Å². The van der Waals surface area contributed by atoms with Gasteiger partial charge in [-0.2, -0.15) is 0 Å². The predicted molar refractivity (Wildman–Crippen MR) is 100 cm³/mol. The first-order valence-electron chi connectivity index (χ1n) is 9.01. The molecule has 27 heavy (non-hydrogen) atoms. The fourth-order valence-electron chi connectivity index (χ4n) is 3.49. The Labute approximate surface area is 156 Å². The van der Waals surface area contributed by atoms with E-state index in [1.54, 1.807) is 18.2 Å². The van der Waals surface area contributed by atoms with Crippen LogP contribution in [0.5, 0.6) is 0 Å². The molecule has 140 valence electrons. The lowest BCUT2D eigenvalue weighted by Gasteiger charge is -2.27. The van der Waals surface area contributed by atoms with Crippen LogP contribution in [0.25, 0.3) is 16.9 Å². The average molecular weight is 368 g/mol. The van der Waals surface area contributed by atoms with Crippen molar-refractivity contribution in [1.29, 1.82) is 0 Å². The molecule has 0 spiro atoms. The first kappa shape index (κ1) is 17.6. The number of hydrogen-bond acceptors (Lipinski definition) is 4. The molecule has 2 N–H and O–H groups in total. The molecule has 1 saturated heterocycles. The highest BCUT2D eigenvalue weighted by Gasteiger charge is 2.19. The number of fused-ring (bicyclic) bond motifs is 1. The monoisotopic (exact) mass is 368 g/mol. The predicted octanol–water partition coefficient (Wildman–Crippen LogP) is 2.17. The number of carbonyl (C=O) groups is 1. The van der Waals surface area contributed by atoms with Crippen LogP contribution in [0.15, 0.2) is 42.6 Å². The van der Waals surface area contributed by atoms with E-state index in [-0.39, 0.29) is 12.2 Å². The van der Waals surface area contributed by atoms with Crippen molar-refractivity contribution in [3.05, 3.63) is 59.7 Å². The lowest BCUT2D eigenvalue weighted by atomic mass is 10.1. The highest BCUT2D eigenvalue weighted by molar-refractivity contribution is 5.71. The van der Waals surface area contributed by atoms with Crippen LogP contribution in [-0.2, 0) is 17.8 Å². The zero-order chi connectivity index (χ0) is 18.8. The van der Waals surface area contributed by atoms with E-state index in [4.69, 9.17) is 10.1 Å². The second kappa shape index (κ2) is 7.46. The number of benzene rings is 1. The molecule has 6 nitrogen and oxygen atoms in total. The van der Waals surface area contributed by atoms with Crippen LogP contribution in [-0.4, -0.2) is 51.5 Å². The molecular formula is C20H21FN4O2. The molecule has 0 unspecified atom stereocenters. The number of nitrogens with one attached hydrogen (secondary N) is 1. The van der Waals surface area contributed by atoms with Crippen molar-refractivity contribution in [3.63, 3.8) is 0 Å². The number of rotatable bonds is 5. The standard InChI is InChI=1S/C20H21FN4O2/c21-16-4-2-15(3-5-16)20-17(13-24-9-7-22-8-10-24)25-12-14(11-19(26)27)1-6-18(25)23-20/h1-6,12,22H,7-11,13H2,(H,26,27). The number of nitrogens with zero attached hydrogens (tertiary/aromatic N) is 3. The molecule has 1 aliphatic heterocycles. The molecular weight excluding hydrogens is 347 g/mol. The first-order valence-corrected chi connectivity index (χ1v) is 9.01. The number of carboxylic acid groups (broad SMARTS) is 1. The number of imidazole rings is 1. The third-order valence-corrected chi connectivity index (χ3v) is 4.83. The topological polar surface area (TPSA) is 69.9 Å². The van der Waals surface area contributed by atoms with Crippen molar-refractivity contribution in [3.8, 4) is 11.3 Å². The summed E-state index contributed by atoms with van der Waals surface area (Å²) in [6, 6.07) is 9.96. The second-order valence-electron chi connectivity index (χ2n) is 6.78. The fourth-order valence-corrected chi connectivity index (χ4v) is 3.49. The van der Waals surface area contributed by atoms with Crippen LogP contribution in [0, 0.1) is 5.82 Å². The zero-order valence-electron chi connectivity index (χ0n) is 14.9. The maximum absolute atomic E-state index is 13.4. The SMILES string of the molecule is O=C(O)Cc1ccc2nc(-c3ccc(F)cc3)c(CN3CCNCC3)n2c1. The fraction of sp³-hybridized carbons (Fsp3) is 0.300. The average Bonchev–Trinajstić information content (AvgIpc) is 3.01. The minimum absolute atomic E-state index is 0.0346. The van der Waals surface area contributed by atoms with Crippen LogP contribution >= 0.6 is 0 Å². The normalized spacial score (nSPS) is 15.3. The van der Waals surface area contributed by atoms with E-state index in [1.165, 1.54) is 12.1 Å². The molecule has 0 radical (unpaired) electrons. The Bertz CT molecular complexity index is 962. The Morgan fingerprint density at radius 2 is 1.89 bits per heavy atom. The maximum atomic E-state index is 13.4. The van der Waals surface area contributed by atoms with Gasteiger partial charge in [0.15, 0.2) is 0 Å². The Balaban J connectivity index is 1.80. The van der Waals surface area contributed by atoms with Gasteiger partial charge in [-0.3, -0.25) is 9.69 Å². The number of halogens is 1. The van der Waals surface area contributed by atoms with Crippen LogP contribution in [0.1, 0.15) is 11.3 Å². The first-order chi connectivity index (χ1) is 13.1. The van der Waals surface area contributed by atoms with Crippen molar-refractivity contribution in [2.75, 3.05) is 26.2 Å². The Hall–Kier alpha value is -2.77. The van der Waals surface area contributed by atoms with Crippen LogP contribution in [0.4, 0.5) is 4.39 Å². The van der Waals surface area contributed by atoms with Gasteiger partial charge >= 0.3 is 5.97 Å². The van der Waals surface area contributed by atoms with Gasteiger partial charge in [-0.25, -0.2) is 9.37 Å². The van der Waals surface area contributed by atoms with Gasteiger partial charge in [0, 0.05) is 44.5 Å². The molecule has 1 fully saturated rings. The van der Waals surface area contributed by atoms with Gasteiger partial charge in [-0.1, -0.05) is 6.07 Å². The van der Waals surface area contributed by atoms with E-state index < -0.39 is 5.97 Å². The summed E-state index contributed by atoms with van der Waals surface area (Å²) in [6.45, 7) is 4.45. The lowest BCUT2D eigenvalue weighted by molar-refractivity contribution is -0.136. The summed E-state index contributed by atoms with van der Waals surface area (Å²) >= 11 is 0. The van der Waals surface area contributed by atoms with Gasteiger partial charge in [0.05, 0.1) is 17.8 Å². The Kier molecular flexibility index (Phi) is 4.87. The molecule has 0 amide bonds. The minimum atomic E-state index is -0.864. The molecule has 0 aliphatic carbocycles. The summed E-state index contributed by atoms with van der Waals surface area (Å²) in [5.74, 6) is -1.15. The van der Waals surface area contributed by atoms with E-state index in [9.17, 15) is 9.18 Å². The van der Waals surface area contributed by atoms with Crippen molar-refractivity contribution in [2.24, 2.45) is 0 Å². The molecule has 4 rings (SSSR count). The minimum Gasteiger partial charge on any atom is -0.481 e. The van der Waals surface area contributed by atoms with Crippen molar-refractivity contribution < 1.29 is 14.3 Å². The smallest absolute Gasteiger partial charge is 0.307 e. The Morgan fingerprint density at radius 1 is 1.15 bits per heavy atom. The van der Waals surface area contributed by atoms with Crippen LogP contribution in [0.2, 0.25) is 0 Å². The van der Waals surface area contributed by atoms with Gasteiger partial charge in [0.1, 0.15) is 11.5 Å². The van der Waals surface area contributed by atoms with E-state index in [0.29, 0.717) is 6.54 Å². The summed E-state index contributed by atoms with van der Waals surface area (Å²) in [7, 11) is 0. The summed E-state index contributed by atoms with van der Waals surface area (Å²) < 4.78 is 15.3. The Morgan fingerprint density at radius 3 is 2.59 bits per heavy atom. The molecule has 2 aromatic heterocycles. The van der Waals surface area contributed by atoms with E-state index in [1.807, 2.05) is 16.7 Å². The van der Waals surface area contributed by atoms with Gasteiger partial charge in [0.25, 0.3) is 0 Å². The zero-order valence-corrected chi connectivity index (χ0v) is 14.9. The third-order valence-electron chi connectivity index (χ3n) is 4.83. The molecule has 0 saturated carbocycles.